The molecule has 0 fully saturated rings. The number of carboxylic acids is 1. The number of aliphatic hydroxyl groups is 2. The van der Waals surface area contributed by atoms with Crippen molar-refractivity contribution in [3.8, 4) is 11.3 Å². The van der Waals surface area contributed by atoms with Crippen molar-refractivity contribution in [2.75, 3.05) is 0 Å². The number of aromatic nitrogens is 2. The van der Waals surface area contributed by atoms with Gasteiger partial charge in [0.25, 0.3) is 5.91 Å². The zero-order valence-electron chi connectivity index (χ0n) is 21.6. The topological polar surface area (TPSA) is 125 Å². The molecule has 3 rings (SSSR count). The summed E-state index contributed by atoms with van der Waals surface area (Å²) in [6.45, 7) is 5.55. The molecule has 38 heavy (non-hydrogen) atoms. The molecular formula is C28H33F2N3O5. The first-order valence-corrected chi connectivity index (χ1v) is 12.4. The molecule has 0 bridgehead atoms. The highest BCUT2D eigenvalue weighted by atomic mass is 19.1. The van der Waals surface area contributed by atoms with Crippen LogP contribution in [0.3, 0.4) is 0 Å². The molecular weight excluding hydrogens is 496 g/mol. The number of aliphatic hydroxyl groups excluding tert-OH is 2. The first-order chi connectivity index (χ1) is 18.0. The van der Waals surface area contributed by atoms with Crippen LogP contribution >= 0.6 is 0 Å². The Morgan fingerprint density at radius 3 is 2.34 bits per heavy atom. The van der Waals surface area contributed by atoms with Gasteiger partial charge in [0.1, 0.15) is 11.6 Å². The highest BCUT2D eigenvalue weighted by Crippen LogP contribution is 2.30. The third-order valence-corrected chi connectivity index (χ3v) is 6.20. The van der Waals surface area contributed by atoms with Crippen molar-refractivity contribution < 1.29 is 33.7 Å². The number of halogens is 2. The minimum Gasteiger partial charge on any atom is -0.481 e. The minimum atomic E-state index is -1.19. The normalized spacial score (nSPS) is 12.9. The number of rotatable bonds is 12. The van der Waals surface area contributed by atoms with Crippen molar-refractivity contribution in [2.45, 2.75) is 71.2 Å². The van der Waals surface area contributed by atoms with Gasteiger partial charge in [-0.2, -0.15) is 0 Å². The number of benzene rings is 2. The molecule has 0 aliphatic heterocycles. The minimum absolute atomic E-state index is 0.113. The van der Waals surface area contributed by atoms with E-state index in [9.17, 15) is 28.6 Å². The van der Waals surface area contributed by atoms with E-state index >= 15 is 0 Å². The summed E-state index contributed by atoms with van der Waals surface area (Å²) < 4.78 is 29.0. The second-order valence-electron chi connectivity index (χ2n) is 9.65. The molecule has 4 N–H and O–H groups in total. The van der Waals surface area contributed by atoms with E-state index in [2.05, 4.69) is 10.3 Å². The average Bonchev–Trinajstić information content (AvgIpc) is 3.23. The largest absolute Gasteiger partial charge is 0.481 e. The summed E-state index contributed by atoms with van der Waals surface area (Å²) in [5.74, 6) is -2.23. The number of aryl methyl sites for hydroxylation is 1. The second-order valence-corrected chi connectivity index (χ2v) is 9.65. The molecule has 3 aromatic rings. The Hall–Kier alpha value is -3.63. The predicted molar refractivity (Wildman–Crippen MR) is 138 cm³/mol. The summed E-state index contributed by atoms with van der Waals surface area (Å²) in [7, 11) is 0. The number of hydrogen-bond acceptors (Lipinski definition) is 5. The lowest BCUT2D eigenvalue weighted by Gasteiger charge is -2.18. The molecule has 0 aliphatic rings. The monoisotopic (exact) mass is 529 g/mol. The maximum Gasteiger partial charge on any atom is 0.305 e. The van der Waals surface area contributed by atoms with Gasteiger partial charge >= 0.3 is 5.97 Å². The van der Waals surface area contributed by atoms with Crippen molar-refractivity contribution >= 4 is 11.9 Å². The number of carbonyl (C=O) groups is 2. The number of carbonyl (C=O) groups excluding carboxylic acids is 1. The highest BCUT2D eigenvalue weighted by molar-refractivity contribution is 5.92. The van der Waals surface area contributed by atoms with E-state index < -0.39 is 30.5 Å². The second kappa shape index (κ2) is 12.7. The van der Waals surface area contributed by atoms with E-state index in [0.717, 1.165) is 0 Å². The molecule has 0 saturated carbocycles. The number of nitrogens with one attached hydrogen (secondary N) is 1. The molecule has 0 aliphatic carbocycles. The number of nitrogens with zero attached hydrogens (tertiary/aromatic N) is 2. The van der Waals surface area contributed by atoms with Crippen LogP contribution in [0.5, 0.6) is 0 Å². The number of carboxylic acid groups (broad SMARTS) is 1. The van der Waals surface area contributed by atoms with Crippen LogP contribution in [0.15, 0.2) is 42.5 Å². The van der Waals surface area contributed by atoms with Crippen LogP contribution in [0.2, 0.25) is 0 Å². The fourth-order valence-electron chi connectivity index (χ4n) is 4.33. The Morgan fingerprint density at radius 1 is 1.05 bits per heavy atom. The van der Waals surface area contributed by atoms with Crippen LogP contribution in [0.4, 0.5) is 8.78 Å². The van der Waals surface area contributed by atoms with Crippen molar-refractivity contribution in [1.82, 2.24) is 14.9 Å². The summed E-state index contributed by atoms with van der Waals surface area (Å²) in [4.78, 5) is 28.7. The quantitative estimate of drug-likeness (QED) is 0.279. The number of aliphatic carboxylic acids is 1. The third kappa shape index (κ3) is 7.45. The summed E-state index contributed by atoms with van der Waals surface area (Å²) in [6, 6.07) is 10.1. The van der Waals surface area contributed by atoms with Gasteiger partial charge in [-0.25, -0.2) is 13.8 Å². The van der Waals surface area contributed by atoms with Crippen molar-refractivity contribution in [2.24, 2.45) is 0 Å². The molecule has 1 aromatic heterocycles. The zero-order valence-corrected chi connectivity index (χ0v) is 21.6. The molecule has 8 nitrogen and oxygen atoms in total. The van der Waals surface area contributed by atoms with E-state index in [1.165, 1.54) is 18.2 Å². The summed E-state index contributed by atoms with van der Waals surface area (Å²) in [5.41, 5.74) is 2.83. The maximum absolute atomic E-state index is 14.0. The fraction of sp³-hybridized carbons (Fsp3) is 0.393. The van der Waals surface area contributed by atoms with Gasteiger partial charge in [-0.15, -0.1) is 0 Å². The molecule has 204 valence electrons. The Kier molecular flexibility index (Phi) is 9.71. The summed E-state index contributed by atoms with van der Waals surface area (Å²) >= 11 is 0. The SMILES string of the molecule is Cc1cc(-c2nc(C(=O)NCc3ccc(F)cc3)n(C(C)C)c2CC[C@@H](O)C[C@@H](O)CC(=O)O)ccc1F. The third-order valence-electron chi connectivity index (χ3n) is 6.20. The van der Waals surface area contributed by atoms with E-state index in [1.54, 1.807) is 35.8 Å². The van der Waals surface area contributed by atoms with Gasteiger partial charge in [0.15, 0.2) is 5.82 Å². The molecule has 1 amide bonds. The Balaban J connectivity index is 1.93. The highest BCUT2D eigenvalue weighted by Gasteiger charge is 2.26. The van der Waals surface area contributed by atoms with Gasteiger partial charge in [-0.3, -0.25) is 9.59 Å². The Morgan fingerprint density at radius 2 is 1.74 bits per heavy atom. The van der Waals surface area contributed by atoms with E-state index in [0.29, 0.717) is 28.1 Å². The lowest BCUT2D eigenvalue weighted by molar-refractivity contribution is -0.139. The fourth-order valence-corrected chi connectivity index (χ4v) is 4.33. The smallest absolute Gasteiger partial charge is 0.305 e. The molecule has 2 aromatic carbocycles. The van der Waals surface area contributed by atoms with Crippen molar-refractivity contribution in [3.05, 3.63) is 76.7 Å². The van der Waals surface area contributed by atoms with Crippen LogP contribution < -0.4 is 5.32 Å². The standard InChI is InChI=1S/C28H33F2N3O5/c1-16(2)33-24(11-9-21(34)13-22(35)14-25(36)37)26(19-6-10-23(30)17(3)12-19)32-27(33)28(38)31-15-18-4-7-20(29)8-5-18/h4-8,10,12,16,21-22,34-35H,9,11,13-15H2,1-3H3,(H,31,38)(H,36,37)/t21-,22-/m1/s1. The molecule has 0 radical (unpaired) electrons. The molecule has 2 atom stereocenters. The lowest BCUT2D eigenvalue weighted by Crippen LogP contribution is -2.27. The van der Waals surface area contributed by atoms with Crippen LogP contribution in [-0.4, -0.2) is 49.0 Å². The first-order valence-electron chi connectivity index (χ1n) is 12.4. The predicted octanol–water partition coefficient (Wildman–Crippen LogP) is 4.17. The number of hydrogen-bond donors (Lipinski definition) is 4. The van der Waals surface area contributed by atoms with Crippen LogP contribution in [0.1, 0.15) is 66.6 Å². The Labute approximate surface area is 220 Å². The van der Waals surface area contributed by atoms with Crippen LogP contribution in [0, 0.1) is 18.6 Å². The molecule has 10 heteroatoms. The van der Waals surface area contributed by atoms with E-state index in [4.69, 9.17) is 5.11 Å². The summed E-state index contributed by atoms with van der Waals surface area (Å²) in [5, 5.41) is 32.0. The van der Waals surface area contributed by atoms with E-state index in [-0.39, 0.29) is 49.3 Å². The van der Waals surface area contributed by atoms with Gasteiger partial charge in [0, 0.05) is 23.8 Å². The molecule has 0 spiro atoms. The molecule has 0 unspecified atom stereocenters. The molecule has 1 heterocycles. The van der Waals surface area contributed by atoms with Crippen molar-refractivity contribution in [1.29, 1.82) is 0 Å². The van der Waals surface area contributed by atoms with Crippen LogP contribution in [-0.2, 0) is 17.8 Å². The van der Waals surface area contributed by atoms with Gasteiger partial charge < -0.3 is 25.2 Å². The van der Waals surface area contributed by atoms with Crippen molar-refractivity contribution in [3.63, 3.8) is 0 Å². The van der Waals surface area contributed by atoms with Gasteiger partial charge in [0.05, 0.1) is 24.3 Å². The first kappa shape index (κ1) is 28.9. The van der Waals surface area contributed by atoms with E-state index in [1.807, 2.05) is 13.8 Å². The van der Waals surface area contributed by atoms with Gasteiger partial charge in [-0.1, -0.05) is 12.1 Å². The Bertz CT molecular complexity index is 1270. The summed E-state index contributed by atoms with van der Waals surface area (Å²) in [6.07, 6.45) is -2.32. The maximum atomic E-state index is 14.0. The lowest BCUT2D eigenvalue weighted by atomic mass is 10.0. The van der Waals surface area contributed by atoms with Gasteiger partial charge in [-0.05, 0) is 81.5 Å². The average molecular weight is 530 g/mol. The number of amides is 1. The zero-order chi connectivity index (χ0) is 28.0. The van der Waals surface area contributed by atoms with Gasteiger partial charge in [0.2, 0.25) is 0 Å². The number of imidazole rings is 1. The van der Waals surface area contributed by atoms with Crippen LogP contribution in [0.25, 0.3) is 11.3 Å². The molecule has 0 saturated heterocycles.